The maximum atomic E-state index is 12.4. The smallest absolute Gasteiger partial charge is 0.268 e. The molecule has 1 amide bonds. The molecule has 0 unspecified atom stereocenters. The van der Waals surface area contributed by atoms with Gasteiger partial charge >= 0.3 is 0 Å². The van der Waals surface area contributed by atoms with E-state index in [1.54, 1.807) is 40.0 Å². The summed E-state index contributed by atoms with van der Waals surface area (Å²) in [7, 11) is 0. The van der Waals surface area contributed by atoms with E-state index in [4.69, 9.17) is 11.6 Å². The molecule has 4 nitrogen and oxygen atoms in total. The summed E-state index contributed by atoms with van der Waals surface area (Å²) in [6.45, 7) is 6.97. The highest BCUT2D eigenvalue weighted by Crippen LogP contribution is 2.37. The second-order valence-electron chi connectivity index (χ2n) is 6.32. The zero-order valence-corrected chi connectivity index (χ0v) is 12.6. The number of nitrogens with one attached hydrogen (secondary N) is 1. The number of hydrogen-bond acceptors (Lipinski definition) is 2. The standard InChI is InChI=1S/C14H21ClN2O2/c1-13(2,14(3,4)19)16-12(18)11-7-9(15)8-17(11)10-5-6-10/h7-8,10,19H,5-6H2,1-4H3,(H,16,18). The van der Waals surface area contributed by atoms with Gasteiger partial charge in [-0.05, 0) is 46.6 Å². The summed E-state index contributed by atoms with van der Waals surface area (Å²) >= 11 is 5.99. The predicted molar refractivity (Wildman–Crippen MR) is 75.6 cm³/mol. The first-order chi connectivity index (χ1) is 8.62. The average Bonchev–Trinajstić information content (AvgIpc) is 2.99. The van der Waals surface area contributed by atoms with Gasteiger partial charge in [0, 0.05) is 12.2 Å². The van der Waals surface area contributed by atoms with E-state index in [9.17, 15) is 9.90 Å². The molecule has 0 atom stereocenters. The third-order valence-corrected chi connectivity index (χ3v) is 4.15. The van der Waals surface area contributed by atoms with E-state index in [-0.39, 0.29) is 5.91 Å². The minimum Gasteiger partial charge on any atom is -0.388 e. The molecule has 2 N–H and O–H groups in total. The van der Waals surface area contributed by atoms with Crippen LogP contribution in [-0.4, -0.2) is 26.7 Å². The van der Waals surface area contributed by atoms with Crippen LogP contribution in [-0.2, 0) is 0 Å². The highest BCUT2D eigenvalue weighted by Gasteiger charge is 2.37. The Hall–Kier alpha value is -1.00. The van der Waals surface area contributed by atoms with Crippen molar-refractivity contribution >= 4 is 17.5 Å². The highest BCUT2D eigenvalue weighted by molar-refractivity contribution is 6.31. The lowest BCUT2D eigenvalue weighted by atomic mass is 9.86. The van der Waals surface area contributed by atoms with Crippen molar-refractivity contribution < 1.29 is 9.90 Å². The molecule has 0 saturated heterocycles. The highest BCUT2D eigenvalue weighted by atomic mass is 35.5. The molecule has 1 aromatic rings. The molecule has 5 heteroatoms. The van der Waals surface area contributed by atoms with Gasteiger partial charge in [0.05, 0.1) is 16.2 Å². The van der Waals surface area contributed by atoms with Gasteiger partial charge in [-0.2, -0.15) is 0 Å². The van der Waals surface area contributed by atoms with Crippen LogP contribution in [0, 0.1) is 0 Å². The van der Waals surface area contributed by atoms with Crippen molar-refractivity contribution in [2.45, 2.75) is 57.7 Å². The summed E-state index contributed by atoms with van der Waals surface area (Å²) in [6, 6.07) is 2.06. The van der Waals surface area contributed by atoms with Gasteiger partial charge < -0.3 is 15.0 Å². The molecular formula is C14H21ClN2O2. The number of halogens is 1. The van der Waals surface area contributed by atoms with Crippen molar-refractivity contribution in [2.24, 2.45) is 0 Å². The van der Waals surface area contributed by atoms with Gasteiger partial charge in [-0.1, -0.05) is 11.6 Å². The maximum Gasteiger partial charge on any atom is 0.268 e. The number of amides is 1. The molecular weight excluding hydrogens is 264 g/mol. The fraction of sp³-hybridized carbons (Fsp3) is 0.643. The zero-order valence-electron chi connectivity index (χ0n) is 11.8. The van der Waals surface area contributed by atoms with Crippen LogP contribution in [0.15, 0.2) is 12.3 Å². The Bertz CT molecular complexity index is 496. The van der Waals surface area contributed by atoms with Crippen molar-refractivity contribution in [1.29, 1.82) is 0 Å². The largest absolute Gasteiger partial charge is 0.388 e. The first-order valence-electron chi connectivity index (χ1n) is 6.54. The number of nitrogens with zero attached hydrogens (tertiary/aromatic N) is 1. The molecule has 19 heavy (non-hydrogen) atoms. The van der Waals surface area contributed by atoms with Gasteiger partial charge in [-0.15, -0.1) is 0 Å². The van der Waals surface area contributed by atoms with Gasteiger partial charge in [-0.3, -0.25) is 4.79 Å². The monoisotopic (exact) mass is 284 g/mol. The molecule has 0 aromatic carbocycles. The molecule has 106 valence electrons. The number of aliphatic hydroxyl groups is 1. The molecule has 0 aliphatic heterocycles. The van der Waals surface area contributed by atoms with Crippen molar-refractivity contribution in [3.05, 3.63) is 23.0 Å². The number of carbonyl (C=O) groups is 1. The summed E-state index contributed by atoms with van der Waals surface area (Å²) in [5.74, 6) is -0.203. The normalized spacial score (nSPS) is 16.5. The lowest BCUT2D eigenvalue weighted by molar-refractivity contribution is -0.00310. The molecule has 0 radical (unpaired) electrons. The molecule has 1 aromatic heterocycles. The van der Waals surface area contributed by atoms with Crippen LogP contribution in [0.4, 0.5) is 0 Å². The van der Waals surface area contributed by atoms with Gasteiger partial charge in [-0.25, -0.2) is 0 Å². The average molecular weight is 285 g/mol. The fourth-order valence-corrected chi connectivity index (χ4v) is 1.99. The van der Waals surface area contributed by atoms with E-state index >= 15 is 0 Å². The Labute approximate surface area is 118 Å². The van der Waals surface area contributed by atoms with Crippen molar-refractivity contribution in [2.75, 3.05) is 0 Å². The van der Waals surface area contributed by atoms with E-state index in [1.807, 2.05) is 4.57 Å². The molecule has 1 fully saturated rings. The summed E-state index contributed by atoms with van der Waals surface area (Å²) in [4.78, 5) is 12.4. The fourth-order valence-electron chi connectivity index (χ4n) is 1.78. The quantitative estimate of drug-likeness (QED) is 0.893. The van der Waals surface area contributed by atoms with Crippen LogP contribution in [0.2, 0.25) is 5.02 Å². The van der Waals surface area contributed by atoms with Gasteiger partial charge in [0.2, 0.25) is 0 Å². The topological polar surface area (TPSA) is 54.3 Å². The Morgan fingerprint density at radius 3 is 2.47 bits per heavy atom. The summed E-state index contributed by atoms with van der Waals surface area (Å²) in [5, 5.41) is 13.5. The second kappa shape index (κ2) is 4.53. The third-order valence-electron chi connectivity index (χ3n) is 3.94. The second-order valence-corrected chi connectivity index (χ2v) is 6.76. The zero-order chi connectivity index (χ0) is 14.4. The van der Waals surface area contributed by atoms with E-state index in [1.165, 1.54) is 0 Å². The lowest BCUT2D eigenvalue weighted by Gasteiger charge is -2.38. The van der Waals surface area contributed by atoms with Gasteiger partial charge in [0.1, 0.15) is 5.69 Å². The van der Waals surface area contributed by atoms with Crippen molar-refractivity contribution in [1.82, 2.24) is 9.88 Å². The first kappa shape index (κ1) is 14.4. The summed E-state index contributed by atoms with van der Waals surface area (Å²) in [5.41, 5.74) is -1.18. The maximum absolute atomic E-state index is 12.4. The van der Waals surface area contributed by atoms with Crippen LogP contribution < -0.4 is 5.32 Å². The number of carbonyl (C=O) groups excluding carboxylic acids is 1. The minimum atomic E-state index is -1.01. The lowest BCUT2D eigenvalue weighted by Crippen LogP contribution is -2.57. The Morgan fingerprint density at radius 2 is 2.00 bits per heavy atom. The summed E-state index contributed by atoms with van der Waals surface area (Å²) in [6.07, 6.45) is 3.96. The van der Waals surface area contributed by atoms with Crippen molar-refractivity contribution in [3.63, 3.8) is 0 Å². The molecule has 1 aliphatic rings. The minimum absolute atomic E-state index is 0.203. The van der Waals surface area contributed by atoms with Crippen LogP contribution in [0.3, 0.4) is 0 Å². The van der Waals surface area contributed by atoms with Gasteiger partial charge in [0.15, 0.2) is 0 Å². The van der Waals surface area contributed by atoms with Crippen LogP contribution in [0.1, 0.15) is 57.1 Å². The first-order valence-corrected chi connectivity index (χ1v) is 6.92. The number of rotatable bonds is 4. The molecule has 0 bridgehead atoms. The summed E-state index contributed by atoms with van der Waals surface area (Å²) < 4.78 is 1.93. The predicted octanol–water partition coefficient (Wildman–Crippen LogP) is 2.76. The van der Waals surface area contributed by atoms with E-state index < -0.39 is 11.1 Å². The molecule has 0 spiro atoms. The SMILES string of the molecule is CC(C)(O)C(C)(C)NC(=O)c1cc(Cl)cn1C1CC1. The number of aromatic nitrogens is 1. The molecule has 2 rings (SSSR count). The Balaban J connectivity index is 2.21. The van der Waals surface area contributed by atoms with E-state index in [2.05, 4.69) is 5.32 Å². The Morgan fingerprint density at radius 1 is 1.42 bits per heavy atom. The molecule has 1 aliphatic carbocycles. The van der Waals surface area contributed by atoms with E-state index in [0.717, 1.165) is 12.8 Å². The van der Waals surface area contributed by atoms with Crippen LogP contribution >= 0.6 is 11.6 Å². The third kappa shape index (κ3) is 2.95. The van der Waals surface area contributed by atoms with Gasteiger partial charge in [0.25, 0.3) is 5.91 Å². The van der Waals surface area contributed by atoms with E-state index in [0.29, 0.717) is 16.8 Å². The Kier molecular flexibility index (Phi) is 3.43. The van der Waals surface area contributed by atoms with Crippen LogP contribution in [0.5, 0.6) is 0 Å². The van der Waals surface area contributed by atoms with Crippen LogP contribution in [0.25, 0.3) is 0 Å². The van der Waals surface area contributed by atoms with Crippen molar-refractivity contribution in [3.8, 4) is 0 Å². The molecule has 1 saturated carbocycles. The number of hydrogen-bond donors (Lipinski definition) is 2. The molecule has 1 heterocycles.